The van der Waals surface area contributed by atoms with Crippen LogP contribution < -0.4 is 5.32 Å². The molecule has 1 saturated heterocycles. The molecule has 0 radical (unpaired) electrons. The zero-order chi connectivity index (χ0) is 14.7. The van der Waals surface area contributed by atoms with Gasteiger partial charge in [-0.05, 0) is 32.7 Å². The highest BCUT2D eigenvalue weighted by Gasteiger charge is 2.30. The normalized spacial score (nSPS) is 21.4. The van der Waals surface area contributed by atoms with Gasteiger partial charge >= 0.3 is 0 Å². The third-order valence-electron chi connectivity index (χ3n) is 3.77. The third-order valence-corrected chi connectivity index (χ3v) is 6.84. The monoisotopic (exact) mass is 312 g/mol. The molecule has 0 bridgehead atoms. The quantitative estimate of drug-likeness (QED) is 0.727. The number of sulfonamides is 1. The zero-order valence-electron chi connectivity index (χ0n) is 11.8. The van der Waals surface area contributed by atoms with Crippen molar-refractivity contribution in [2.24, 2.45) is 5.92 Å². The Morgan fingerprint density at radius 3 is 2.11 bits per heavy atom. The number of nitrogens with one attached hydrogen (secondary N) is 1. The van der Waals surface area contributed by atoms with Crippen molar-refractivity contribution in [2.75, 3.05) is 37.9 Å². The summed E-state index contributed by atoms with van der Waals surface area (Å²) in [5.41, 5.74) is 0. The van der Waals surface area contributed by atoms with Crippen LogP contribution in [0.2, 0.25) is 0 Å². The van der Waals surface area contributed by atoms with Gasteiger partial charge in [-0.1, -0.05) is 0 Å². The minimum Gasteiger partial charge on any atom is -0.317 e. The lowest BCUT2D eigenvalue weighted by atomic mass is 9.91. The summed E-state index contributed by atoms with van der Waals surface area (Å²) in [6, 6.07) is 0.376. The molecule has 0 aromatic carbocycles. The smallest absolute Gasteiger partial charge is 0.215 e. The predicted octanol–water partition coefficient (Wildman–Crippen LogP) is -0.319. The van der Waals surface area contributed by atoms with Crippen LogP contribution in [-0.4, -0.2) is 65.1 Å². The average molecular weight is 312 g/mol. The lowest BCUT2D eigenvalue weighted by Gasteiger charge is -2.34. The molecular formula is C11H24N2O4S2. The minimum absolute atomic E-state index is 0.303. The molecule has 0 spiro atoms. The number of rotatable bonds is 6. The molecular weight excluding hydrogens is 288 g/mol. The molecule has 6 nitrogen and oxygen atoms in total. The second kappa shape index (κ2) is 6.51. The molecule has 1 atom stereocenters. The predicted molar refractivity (Wildman–Crippen MR) is 76.3 cm³/mol. The van der Waals surface area contributed by atoms with E-state index in [0.29, 0.717) is 25.0 Å². The van der Waals surface area contributed by atoms with Crippen LogP contribution in [0.25, 0.3) is 0 Å². The summed E-state index contributed by atoms with van der Waals surface area (Å²) in [5, 5.41) is 3.19. The fourth-order valence-corrected chi connectivity index (χ4v) is 5.35. The van der Waals surface area contributed by atoms with E-state index >= 15 is 0 Å². The van der Waals surface area contributed by atoms with Gasteiger partial charge in [-0.2, -0.15) is 0 Å². The van der Waals surface area contributed by atoms with Crippen LogP contribution in [0.4, 0.5) is 0 Å². The molecule has 19 heavy (non-hydrogen) atoms. The summed E-state index contributed by atoms with van der Waals surface area (Å²) in [5.74, 6) is -0.133. The summed E-state index contributed by atoms with van der Waals surface area (Å²) in [6.07, 6.45) is 2.70. The zero-order valence-corrected chi connectivity index (χ0v) is 13.4. The summed E-state index contributed by atoms with van der Waals surface area (Å²) in [7, 11) is -4.78. The molecule has 114 valence electrons. The van der Waals surface area contributed by atoms with Crippen LogP contribution in [0.5, 0.6) is 0 Å². The molecule has 1 heterocycles. The van der Waals surface area contributed by atoms with E-state index in [1.165, 1.54) is 4.31 Å². The highest BCUT2D eigenvalue weighted by molar-refractivity contribution is 7.93. The number of hydrogen-bond acceptors (Lipinski definition) is 5. The largest absolute Gasteiger partial charge is 0.317 e. The molecule has 0 aliphatic carbocycles. The maximum Gasteiger partial charge on any atom is 0.215 e. The fourth-order valence-electron chi connectivity index (χ4n) is 2.28. The van der Waals surface area contributed by atoms with Crippen LogP contribution in [0.15, 0.2) is 0 Å². The van der Waals surface area contributed by atoms with E-state index in [1.54, 1.807) is 0 Å². The van der Waals surface area contributed by atoms with Gasteiger partial charge in [0.25, 0.3) is 0 Å². The van der Waals surface area contributed by atoms with E-state index in [-0.39, 0.29) is 11.5 Å². The molecule has 1 N–H and O–H groups in total. The van der Waals surface area contributed by atoms with Crippen LogP contribution >= 0.6 is 0 Å². The van der Waals surface area contributed by atoms with E-state index in [2.05, 4.69) is 12.2 Å². The highest BCUT2D eigenvalue weighted by atomic mass is 32.2. The van der Waals surface area contributed by atoms with Gasteiger partial charge in [0, 0.05) is 25.4 Å². The van der Waals surface area contributed by atoms with Gasteiger partial charge in [-0.25, -0.2) is 21.1 Å². The van der Waals surface area contributed by atoms with Gasteiger partial charge in [-0.15, -0.1) is 0 Å². The van der Waals surface area contributed by atoms with Crippen LogP contribution in [0.1, 0.15) is 19.8 Å². The summed E-state index contributed by atoms with van der Waals surface area (Å²) in [4.78, 5) is 0. The highest BCUT2D eigenvalue weighted by Crippen LogP contribution is 2.22. The van der Waals surface area contributed by atoms with Gasteiger partial charge in [0.15, 0.2) is 0 Å². The molecule has 0 aromatic rings. The topological polar surface area (TPSA) is 83.6 Å². The first-order valence-corrected chi connectivity index (χ1v) is 10.2. The van der Waals surface area contributed by atoms with Crippen molar-refractivity contribution in [1.82, 2.24) is 9.62 Å². The second-order valence-corrected chi connectivity index (χ2v) is 9.61. The number of hydrogen-bond donors (Lipinski definition) is 1. The van der Waals surface area contributed by atoms with Gasteiger partial charge in [0.2, 0.25) is 10.0 Å². The van der Waals surface area contributed by atoms with Crippen molar-refractivity contribution in [3.05, 3.63) is 0 Å². The fraction of sp³-hybridized carbons (Fsp3) is 1.00. The van der Waals surface area contributed by atoms with E-state index in [0.717, 1.165) is 19.1 Å². The van der Waals surface area contributed by atoms with Crippen molar-refractivity contribution < 1.29 is 16.8 Å². The Morgan fingerprint density at radius 1 is 1.16 bits per heavy atom. The Labute approximate surface area is 116 Å². The SMILES string of the molecule is CNC(C)C1CCN(S(=O)(=O)CCS(C)(=O)=O)CC1. The van der Waals surface area contributed by atoms with Gasteiger partial charge in [0.05, 0.1) is 11.5 Å². The van der Waals surface area contributed by atoms with Crippen molar-refractivity contribution in [3.8, 4) is 0 Å². The molecule has 0 aromatic heterocycles. The van der Waals surface area contributed by atoms with Crippen molar-refractivity contribution in [1.29, 1.82) is 0 Å². The first-order valence-electron chi connectivity index (χ1n) is 6.48. The number of sulfone groups is 1. The van der Waals surface area contributed by atoms with Gasteiger partial charge in [-0.3, -0.25) is 0 Å². The van der Waals surface area contributed by atoms with E-state index in [4.69, 9.17) is 0 Å². The maximum atomic E-state index is 12.0. The molecule has 1 aliphatic rings. The molecule has 8 heteroatoms. The summed E-state index contributed by atoms with van der Waals surface area (Å²) < 4.78 is 47.6. The van der Waals surface area contributed by atoms with E-state index in [9.17, 15) is 16.8 Å². The first kappa shape index (κ1) is 16.9. The Morgan fingerprint density at radius 2 is 1.68 bits per heavy atom. The van der Waals surface area contributed by atoms with E-state index in [1.807, 2.05) is 7.05 Å². The molecule has 1 unspecified atom stereocenters. The molecule has 0 amide bonds. The van der Waals surface area contributed by atoms with Crippen molar-refractivity contribution in [3.63, 3.8) is 0 Å². The van der Waals surface area contributed by atoms with Crippen LogP contribution in [-0.2, 0) is 19.9 Å². The first-order chi connectivity index (χ1) is 8.65. The Hall–Kier alpha value is -0.180. The standard InChI is InChI=1S/C11H24N2O4S2/c1-10(12-2)11-4-6-13(7-5-11)19(16,17)9-8-18(3,14)15/h10-12H,4-9H2,1-3H3. The molecule has 0 saturated carbocycles. The van der Waals surface area contributed by atoms with Gasteiger partial charge in [0.1, 0.15) is 9.84 Å². The van der Waals surface area contributed by atoms with Crippen LogP contribution in [0.3, 0.4) is 0 Å². The summed E-state index contributed by atoms with van der Waals surface area (Å²) in [6.45, 7) is 3.07. The number of piperidine rings is 1. The Bertz CT molecular complexity index is 479. The third kappa shape index (κ3) is 5.37. The summed E-state index contributed by atoms with van der Waals surface area (Å²) >= 11 is 0. The maximum absolute atomic E-state index is 12.0. The molecule has 1 fully saturated rings. The van der Waals surface area contributed by atoms with Gasteiger partial charge < -0.3 is 5.32 Å². The number of nitrogens with zero attached hydrogens (tertiary/aromatic N) is 1. The Kier molecular flexibility index (Phi) is 5.78. The van der Waals surface area contributed by atoms with Crippen molar-refractivity contribution >= 4 is 19.9 Å². The lowest BCUT2D eigenvalue weighted by molar-refractivity contribution is 0.237. The van der Waals surface area contributed by atoms with Crippen LogP contribution in [0, 0.1) is 5.92 Å². The lowest BCUT2D eigenvalue weighted by Crippen LogP contribution is -2.44. The Balaban J connectivity index is 2.54. The minimum atomic E-state index is -3.44. The van der Waals surface area contributed by atoms with E-state index < -0.39 is 19.9 Å². The second-order valence-electron chi connectivity index (χ2n) is 5.26. The van der Waals surface area contributed by atoms with Crippen molar-refractivity contribution in [2.45, 2.75) is 25.8 Å². The average Bonchev–Trinajstić information content (AvgIpc) is 2.35. The molecule has 1 aliphatic heterocycles. The molecule has 1 rings (SSSR count).